The van der Waals surface area contributed by atoms with Crippen LogP contribution in [-0.4, -0.2) is 39.8 Å². The predicted octanol–water partition coefficient (Wildman–Crippen LogP) is 3.43. The SMILES string of the molecule is Cc1ccc(N(CCCC(=O)N[C@@H](C)COc2ccccc2C)S(C)(=O)=O)cc1. The summed E-state index contributed by atoms with van der Waals surface area (Å²) in [6.45, 7) is 6.42. The van der Waals surface area contributed by atoms with Crippen LogP contribution in [0.3, 0.4) is 0 Å². The van der Waals surface area contributed by atoms with Gasteiger partial charge in [0.2, 0.25) is 15.9 Å². The van der Waals surface area contributed by atoms with Gasteiger partial charge in [-0.05, 0) is 51.0 Å². The Morgan fingerprint density at radius 2 is 1.76 bits per heavy atom. The predicted molar refractivity (Wildman–Crippen MR) is 117 cm³/mol. The van der Waals surface area contributed by atoms with Crippen LogP contribution in [0.15, 0.2) is 48.5 Å². The van der Waals surface area contributed by atoms with Crippen molar-refractivity contribution >= 4 is 21.6 Å². The third kappa shape index (κ3) is 7.42. The summed E-state index contributed by atoms with van der Waals surface area (Å²) in [5, 5.41) is 2.90. The van der Waals surface area contributed by atoms with Gasteiger partial charge in [0.15, 0.2) is 0 Å². The lowest BCUT2D eigenvalue weighted by atomic mass is 10.2. The van der Waals surface area contributed by atoms with E-state index >= 15 is 0 Å². The van der Waals surface area contributed by atoms with Crippen molar-refractivity contribution < 1.29 is 17.9 Å². The number of hydrogen-bond donors (Lipinski definition) is 1. The molecule has 0 heterocycles. The summed E-state index contributed by atoms with van der Waals surface area (Å²) in [5.74, 6) is 0.679. The topological polar surface area (TPSA) is 75.7 Å². The summed E-state index contributed by atoms with van der Waals surface area (Å²) >= 11 is 0. The van der Waals surface area contributed by atoms with Crippen LogP contribution in [0.2, 0.25) is 0 Å². The first-order valence-electron chi connectivity index (χ1n) is 9.69. The van der Waals surface area contributed by atoms with Gasteiger partial charge in [-0.2, -0.15) is 0 Å². The molecular weight excluding hydrogens is 388 g/mol. The van der Waals surface area contributed by atoms with Crippen LogP contribution in [0.4, 0.5) is 5.69 Å². The van der Waals surface area contributed by atoms with Crippen molar-refractivity contribution in [1.29, 1.82) is 0 Å². The molecule has 1 amide bonds. The van der Waals surface area contributed by atoms with Gasteiger partial charge in [0.05, 0.1) is 18.0 Å². The number of carbonyl (C=O) groups is 1. The second kappa shape index (κ2) is 10.3. The standard InChI is InChI=1S/C22H30N2O4S/c1-17-11-13-20(14-12-17)24(29(4,26)27)15-7-10-22(25)23-19(3)16-28-21-9-6-5-8-18(21)2/h5-6,8-9,11-14,19H,7,10,15-16H2,1-4H3,(H,23,25)/t19-/m0/s1. The molecule has 158 valence electrons. The maximum Gasteiger partial charge on any atom is 0.232 e. The molecule has 0 aliphatic carbocycles. The van der Waals surface area contributed by atoms with Gasteiger partial charge < -0.3 is 10.1 Å². The lowest BCUT2D eigenvalue weighted by Crippen LogP contribution is -2.37. The number of anilines is 1. The summed E-state index contributed by atoms with van der Waals surface area (Å²) < 4.78 is 31.3. The zero-order valence-electron chi connectivity index (χ0n) is 17.5. The molecule has 0 radical (unpaired) electrons. The Morgan fingerprint density at radius 1 is 1.10 bits per heavy atom. The van der Waals surface area contributed by atoms with Gasteiger partial charge >= 0.3 is 0 Å². The Balaban J connectivity index is 1.81. The van der Waals surface area contributed by atoms with Crippen LogP contribution in [0.25, 0.3) is 0 Å². The molecule has 0 unspecified atom stereocenters. The smallest absolute Gasteiger partial charge is 0.232 e. The fourth-order valence-electron chi connectivity index (χ4n) is 2.90. The van der Waals surface area contributed by atoms with Crippen LogP contribution < -0.4 is 14.4 Å². The molecule has 29 heavy (non-hydrogen) atoms. The summed E-state index contributed by atoms with van der Waals surface area (Å²) in [4.78, 5) is 12.2. The van der Waals surface area contributed by atoms with Gasteiger partial charge in [0.1, 0.15) is 12.4 Å². The minimum absolute atomic E-state index is 0.122. The second-order valence-electron chi connectivity index (χ2n) is 7.32. The molecule has 2 rings (SSSR count). The van der Waals surface area contributed by atoms with E-state index in [1.165, 1.54) is 10.6 Å². The van der Waals surface area contributed by atoms with Gasteiger partial charge in [-0.1, -0.05) is 35.9 Å². The Labute approximate surface area is 173 Å². The Hall–Kier alpha value is -2.54. The van der Waals surface area contributed by atoms with Crippen LogP contribution in [-0.2, 0) is 14.8 Å². The van der Waals surface area contributed by atoms with E-state index in [0.29, 0.717) is 18.7 Å². The number of ether oxygens (including phenoxy) is 1. The maximum absolute atomic E-state index is 12.2. The van der Waals surface area contributed by atoms with Gasteiger partial charge in [0, 0.05) is 13.0 Å². The molecule has 0 spiro atoms. The molecule has 0 aliphatic heterocycles. The Kier molecular flexibility index (Phi) is 8.08. The van der Waals surface area contributed by atoms with E-state index in [2.05, 4.69) is 5.32 Å². The molecule has 0 aliphatic rings. The first-order chi connectivity index (χ1) is 13.7. The molecule has 0 saturated heterocycles. The molecule has 2 aromatic carbocycles. The van der Waals surface area contributed by atoms with Crippen molar-refractivity contribution in [3.63, 3.8) is 0 Å². The summed E-state index contributed by atoms with van der Waals surface area (Å²) in [5.41, 5.74) is 2.71. The molecule has 1 atom stereocenters. The molecule has 1 N–H and O–H groups in total. The van der Waals surface area contributed by atoms with Gasteiger partial charge in [-0.25, -0.2) is 8.42 Å². The molecule has 0 aromatic heterocycles. The third-order valence-corrected chi connectivity index (χ3v) is 5.67. The summed E-state index contributed by atoms with van der Waals surface area (Å²) in [6.07, 6.45) is 1.85. The molecule has 0 fully saturated rings. The number of nitrogens with one attached hydrogen (secondary N) is 1. The highest BCUT2D eigenvalue weighted by molar-refractivity contribution is 7.92. The van der Waals surface area contributed by atoms with E-state index in [0.717, 1.165) is 16.9 Å². The molecule has 0 bridgehead atoms. The second-order valence-corrected chi connectivity index (χ2v) is 9.23. The number of para-hydroxylation sites is 1. The van der Waals surface area contributed by atoms with Crippen molar-refractivity contribution in [2.75, 3.05) is 23.7 Å². The van der Waals surface area contributed by atoms with Crippen molar-refractivity contribution in [3.8, 4) is 5.75 Å². The first kappa shape index (κ1) is 22.7. The minimum Gasteiger partial charge on any atom is -0.491 e. The molecular formula is C22H30N2O4S. The maximum atomic E-state index is 12.2. The van der Waals surface area contributed by atoms with E-state index in [1.807, 2.05) is 57.2 Å². The number of aryl methyl sites for hydroxylation is 2. The monoisotopic (exact) mass is 418 g/mol. The summed E-state index contributed by atoms with van der Waals surface area (Å²) in [7, 11) is -3.41. The van der Waals surface area contributed by atoms with E-state index in [-0.39, 0.29) is 24.9 Å². The normalized spacial score (nSPS) is 12.3. The largest absolute Gasteiger partial charge is 0.491 e. The fraction of sp³-hybridized carbons (Fsp3) is 0.409. The van der Waals surface area contributed by atoms with E-state index < -0.39 is 10.0 Å². The van der Waals surface area contributed by atoms with Gasteiger partial charge in [0.25, 0.3) is 0 Å². The zero-order valence-corrected chi connectivity index (χ0v) is 18.3. The minimum atomic E-state index is -3.41. The van der Waals surface area contributed by atoms with Gasteiger partial charge in [-0.3, -0.25) is 9.10 Å². The van der Waals surface area contributed by atoms with Crippen LogP contribution in [0.5, 0.6) is 5.75 Å². The van der Waals surface area contributed by atoms with Crippen molar-refractivity contribution in [1.82, 2.24) is 5.32 Å². The van der Waals surface area contributed by atoms with E-state index in [1.54, 1.807) is 12.1 Å². The number of hydrogen-bond acceptors (Lipinski definition) is 4. The molecule has 7 heteroatoms. The number of nitrogens with zero attached hydrogens (tertiary/aromatic N) is 1. The first-order valence-corrected chi connectivity index (χ1v) is 11.5. The highest BCUT2D eigenvalue weighted by Gasteiger charge is 2.18. The number of carbonyl (C=O) groups excluding carboxylic acids is 1. The highest BCUT2D eigenvalue weighted by atomic mass is 32.2. The van der Waals surface area contributed by atoms with Crippen LogP contribution in [0.1, 0.15) is 30.9 Å². The Morgan fingerprint density at radius 3 is 2.38 bits per heavy atom. The third-order valence-electron chi connectivity index (χ3n) is 4.48. The molecule has 2 aromatic rings. The summed E-state index contributed by atoms with van der Waals surface area (Å²) in [6, 6.07) is 14.9. The van der Waals surface area contributed by atoms with Gasteiger partial charge in [-0.15, -0.1) is 0 Å². The van der Waals surface area contributed by atoms with Crippen molar-refractivity contribution in [2.24, 2.45) is 0 Å². The van der Waals surface area contributed by atoms with Crippen molar-refractivity contribution in [3.05, 3.63) is 59.7 Å². The van der Waals surface area contributed by atoms with Crippen LogP contribution in [0, 0.1) is 13.8 Å². The lowest BCUT2D eigenvalue weighted by Gasteiger charge is -2.22. The van der Waals surface area contributed by atoms with E-state index in [4.69, 9.17) is 4.74 Å². The zero-order chi connectivity index (χ0) is 21.4. The number of rotatable bonds is 10. The van der Waals surface area contributed by atoms with E-state index in [9.17, 15) is 13.2 Å². The number of sulfonamides is 1. The molecule has 6 nitrogen and oxygen atoms in total. The average Bonchev–Trinajstić information content (AvgIpc) is 2.64. The average molecular weight is 419 g/mol. The number of benzene rings is 2. The van der Waals surface area contributed by atoms with Crippen molar-refractivity contribution in [2.45, 2.75) is 39.7 Å². The lowest BCUT2D eigenvalue weighted by molar-refractivity contribution is -0.121. The fourth-order valence-corrected chi connectivity index (χ4v) is 3.87. The quantitative estimate of drug-likeness (QED) is 0.641. The Bertz CT molecular complexity index is 911. The molecule has 0 saturated carbocycles. The highest BCUT2D eigenvalue weighted by Crippen LogP contribution is 2.19. The number of amides is 1. The van der Waals surface area contributed by atoms with Crippen LogP contribution >= 0.6 is 0 Å².